The number of alkyl halides is 1. The molecule has 0 spiro atoms. The molecule has 2 nitrogen and oxygen atoms in total. The molecule has 19 heavy (non-hydrogen) atoms. The highest BCUT2D eigenvalue weighted by Crippen LogP contribution is 2.37. The highest BCUT2D eigenvalue weighted by molar-refractivity contribution is 6.32. The molecule has 100 valence electrons. The van der Waals surface area contributed by atoms with Gasteiger partial charge in [-0.2, -0.15) is 0 Å². The fraction of sp³-hybridized carbons (Fsp3) is 0.143. The minimum Gasteiger partial charge on any atom is -0.508 e. The first-order chi connectivity index (χ1) is 9.02. The summed E-state index contributed by atoms with van der Waals surface area (Å²) in [4.78, 5) is 0. The number of rotatable bonds is 3. The average Bonchev–Trinajstić information content (AvgIpc) is 2.34. The lowest BCUT2D eigenvalue weighted by atomic mass is 9.92. The largest absolute Gasteiger partial charge is 0.508 e. The van der Waals surface area contributed by atoms with Gasteiger partial charge >= 0.3 is 0 Å². The molecule has 5 heteroatoms. The van der Waals surface area contributed by atoms with E-state index in [0.717, 1.165) is 11.1 Å². The number of aromatic hydroxyl groups is 2. The number of phenolic OH excluding ortho intramolecular Hbond substituents is 2. The normalized spacial score (nSPS) is 10.9. The molecule has 0 fully saturated rings. The van der Waals surface area contributed by atoms with Crippen LogP contribution in [0.5, 0.6) is 11.5 Å². The van der Waals surface area contributed by atoms with Crippen LogP contribution in [-0.2, 0) is 0 Å². The van der Waals surface area contributed by atoms with Gasteiger partial charge in [0.2, 0.25) is 0 Å². The van der Waals surface area contributed by atoms with Crippen LogP contribution in [0.25, 0.3) is 0 Å². The number of hydrogen-bond donors (Lipinski definition) is 2. The van der Waals surface area contributed by atoms with Crippen molar-refractivity contribution in [2.75, 3.05) is 5.88 Å². The Hall–Kier alpha value is -1.09. The Morgan fingerprint density at radius 2 is 1.26 bits per heavy atom. The van der Waals surface area contributed by atoms with Crippen LogP contribution in [0.2, 0.25) is 10.0 Å². The van der Waals surface area contributed by atoms with Gasteiger partial charge in [0.05, 0.1) is 0 Å². The lowest BCUT2D eigenvalue weighted by Crippen LogP contribution is -2.04. The first-order valence-corrected chi connectivity index (χ1v) is 6.84. The predicted molar refractivity (Wildman–Crippen MR) is 78.8 cm³/mol. The van der Waals surface area contributed by atoms with Crippen molar-refractivity contribution in [3.05, 3.63) is 57.6 Å². The van der Waals surface area contributed by atoms with E-state index in [0.29, 0.717) is 10.0 Å². The zero-order valence-electron chi connectivity index (χ0n) is 9.78. The first kappa shape index (κ1) is 14.3. The fourth-order valence-electron chi connectivity index (χ4n) is 1.93. The maximum Gasteiger partial charge on any atom is 0.117 e. The highest BCUT2D eigenvalue weighted by Gasteiger charge is 2.19. The molecule has 0 aliphatic carbocycles. The summed E-state index contributed by atoms with van der Waals surface area (Å²) in [6.07, 6.45) is 0. The second-order valence-electron chi connectivity index (χ2n) is 4.12. The third kappa shape index (κ3) is 3.08. The van der Waals surface area contributed by atoms with E-state index in [2.05, 4.69) is 0 Å². The van der Waals surface area contributed by atoms with Crippen LogP contribution >= 0.6 is 34.8 Å². The molecule has 0 saturated carbocycles. The van der Waals surface area contributed by atoms with E-state index in [9.17, 15) is 10.2 Å². The Balaban J connectivity index is 2.50. The third-order valence-corrected chi connectivity index (χ3v) is 3.84. The second kappa shape index (κ2) is 5.91. The van der Waals surface area contributed by atoms with Crippen molar-refractivity contribution < 1.29 is 10.2 Å². The Bertz CT molecular complexity index is 548. The van der Waals surface area contributed by atoms with Crippen LogP contribution in [0.3, 0.4) is 0 Å². The van der Waals surface area contributed by atoms with Gasteiger partial charge < -0.3 is 10.2 Å². The summed E-state index contributed by atoms with van der Waals surface area (Å²) in [6, 6.07) is 9.46. The summed E-state index contributed by atoms with van der Waals surface area (Å²) in [6.45, 7) is 0. The molecule has 0 unspecified atom stereocenters. The van der Waals surface area contributed by atoms with Crippen molar-refractivity contribution in [2.45, 2.75) is 5.92 Å². The Kier molecular flexibility index (Phi) is 4.46. The quantitative estimate of drug-likeness (QED) is 0.800. The smallest absolute Gasteiger partial charge is 0.117 e. The molecule has 0 aliphatic heterocycles. The molecular formula is C14H11Cl3O2. The van der Waals surface area contributed by atoms with Gasteiger partial charge in [-0.3, -0.25) is 0 Å². The van der Waals surface area contributed by atoms with E-state index in [1.54, 1.807) is 24.3 Å². The van der Waals surface area contributed by atoms with Crippen LogP contribution < -0.4 is 0 Å². The van der Waals surface area contributed by atoms with Crippen molar-refractivity contribution in [1.82, 2.24) is 0 Å². The highest BCUT2D eigenvalue weighted by atomic mass is 35.5. The van der Waals surface area contributed by atoms with Crippen LogP contribution in [0.4, 0.5) is 0 Å². The molecule has 0 saturated heterocycles. The van der Waals surface area contributed by atoms with Gasteiger partial charge in [-0.25, -0.2) is 0 Å². The van der Waals surface area contributed by atoms with Gasteiger partial charge in [0.1, 0.15) is 11.5 Å². The molecule has 0 atom stereocenters. The van der Waals surface area contributed by atoms with Gasteiger partial charge in [-0.15, -0.1) is 11.6 Å². The lowest BCUT2D eigenvalue weighted by Gasteiger charge is -2.18. The molecule has 2 aromatic rings. The van der Waals surface area contributed by atoms with E-state index >= 15 is 0 Å². The molecule has 0 bridgehead atoms. The second-order valence-corrected chi connectivity index (χ2v) is 5.24. The maximum absolute atomic E-state index is 9.38. The van der Waals surface area contributed by atoms with Gasteiger partial charge in [-0.05, 0) is 35.4 Å². The minimum absolute atomic E-state index is 0.0962. The lowest BCUT2D eigenvalue weighted by molar-refractivity contribution is 0.475. The molecule has 2 aromatic carbocycles. The number of benzene rings is 2. The molecular weight excluding hydrogens is 307 g/mol. The number of hydrogen-bond acceptors (Lipinski definition) is 2. The van der Waals surface area contributed by atoms with Crippen molar-refractivity contribution in [3.8, 4) is 11.5 Å². The molecule has 0 heterocycles. The molecule has 2 N–H and O–H groups in total. The van der Waals surface area contributed by atoms with Crippen molar-refractivity contribution in [1.29, 1.82) is 0 Å². The maximum atomic E-state index is 9.38. The van der Waals surface area contributed by atoms with Gasteiger partial charge in [0.25, 0.3) is 0 Å². The van der Waals surface area contributed by atoms with Crippen LogP contribution in [0, 0.1) is 0 Å². The number of phenols is 2. The van der Waals surface area contributed by atoms with Crippen molar-refractivity contribution >= 4 is 34.8 Å². The third-order valence-electron chi connectivity index (χ3n) is 2.87. The van der Waals surface area contributed by atoms with E-state index in [1.807, 2.05) is 0 Å². The monoisotopic (exact) mass is 316 g/mol. The van der Waals surface area contributed by atoms with Gasteiger partial charge in [0, 0.05) is 21.8 Å². The molecule has 2 rings (SSSR count). The fourth-order valence-corrected chi connectivity index (χ4v) is 2.88. The van der Waals surface area contributed by atoms with Gasteiger partial charge in [0.15, 0.2) is 0 Å². The summed E-state index contributed by atoms with van der Waals surface area (Å²) >= 11 is 18.3. The van der Waals surface area contributed by atoms with E-state index in [-0.39, 0.29) is 23.3 Å². The standard InChI is InChI=1S/C14H11Cl3O2/c15-7-12(10-3-1-8(18)5-13(10)16)11-4-2-9(19)6-14(11)17/h1-6,12,18-19H,7H2. The summed E-state index contributed by atoms with van der Waals surface area (Å²) in [7, 11) is 0. The topological polar surface area (TPSA) is 40.5 Å². The molecule has 0 aliphatic rings. The Labute approximate surface area is 126 Å². The number of halogens is 3. The minimum atomic E-state index is -0.206. The zero-order valence-corrected chi connectivity index (χ0v) is 12.0. The summed E-state index contributed by atoms with van der Waals surface area (Å²) < 4.78 is 0. The van der Waals surface area contributed by atoms with Crippen LogP contribution in [0.15, 0.2) is 36.4 Å². The van der Waals surface area contributed by atoms with E-state index in [1.165, 1.54) is 12.1 Å². The van der Waals surface area contributed by atoms with Gasteiger partial charge in [-0.1, -0.05) is 35.3 Å². The van der Waals surface area contributed by atoms with E-state index in [4.69, 9.17) is 34.8 Å². The van der Waals surface area contributed by atoms with Crippen LogP contribution in [0.1, 0.15) is 17.0 Å². The molecule has 0 amide bonds. The van der Waals surface area contributed by atoms with Crippen LogP contribution in [-0.4, -0.2) is 16.1 Å². The van der Waals surface area contributed by atoms with E-state index < -0.39 is 0 Å². The summed E-state index contributed by atoms with van der Waals surface area (Å²) in [5.41, 5.74) is 1.56. The Morgan fingerprint density at radius 1 is 0.842 bits per heavy atom. The van der Waals surface area contributed by atoms with Crippen molar-refractivity contribution in [3.63, 3.8) is 0 Å². The molecule has 0 aromatic heterocycles. The first-order valence-electron chi connectivity index (χ1n) is 5.55. The zero-order chi connectivity index (χ0) is 14.0. The van der Waals surface area contributed by atoms with Crippen molar-refractivity contribution in [2.24, 2.45) is 0 Å². The average molecular weight is 318 g/mol. The summed E-state index contributed by atoms with van der Waals surface area (Å²) in [5, 5.41) is 19.6. The SMILES string of the molecule is Oc1ccc(C(CCl)c2ccc(O)cc2Cl)c(Cl)c1. The predicted octanol–water partition coefficient (Wildman–Crippen LogP) is 4.78. The Morgan fingerprint density at radius 3 is 1.58 bits per heavy atom. The molecule has 0 radical (unpaired) electrons. The summed E-state index contributed by atoms with van der Waals surface area (Å²) in [5.74, 6) is 0.273.